The second-order valence-corrected chi connectivity index (χ2v) is 5.26. The normalized spacial score (nSPS) is 10.8. The number of phenolic OH excluding ortho intramolecular Hbond substituents is 2. The van der Waals surface area contributed by atoms with E-state index in [9.17, 15) is 10.2 Å². The molecule has 0 aliphatic heterocycles. The zero-order valence-corrected chi connectivity index (χ0v) is 11.9. The van der Waals surface area contributed by atoms with Gasteiger partial charge in [0, 0.05) is 0 Å². The lowest BCUT2D eigenvalue weighted by Crippen LogP contribution is -1.86. The summed E-state index contributed by atoms with van der Waals surface area (Å²) >= 11 is 0. The van der Waals surface area contributed by atoms with Crippen molar-refractivity contribution in [1.29, 1.82) is 0 Å². The molecule has 107 valence electrons. The van der Waals surface area contributed by atoms with Crippen LogP contribution in [0.4, 0.5) is 0 Å². The van der Waals surface area contributed by atoms with Gasteiger partial charge in [-0.1, -0.05) is 64.4 Å². The number of phenols is 2. The van der Waals surface area contributed by atoms with E-state index in [1.807, 2.05) is 6.07 Å². The minimum absolute atomic E-state index is 0.0112. The summed E-state index contributed by atoms with van der Waals surface area (Å²) in [4.78, 5) is 0. The number of unbranched alkanes of at least 4 members (excludes halogenated alkanes) is 8. The van der Waals surface area contributed by atoms with Crippen molar-refractivity contribution in [2.45, 2.75) is 64.2 Å². The number of hydrogen-bond donors (Lipinski definition) is 2. The van der Waals surface area contributed by atoms with Gasteiger partial charge in [0.05, 0.1) is 0 Å². The summed E-state index contributed by atoms with van der Waals surface area (Å²) in [6.45, 7) is 3.85. The molecule has 0 spiro atoms. The van der Waals surface area contributed by atoms with E-state index in [1.54, 1.807) is 12.1 Å². The Morgan fingerprint density at radius 2 is 1.32 bits per heavy atom. The zero-order valence-electron chi connectivity index (χ0n) is 11.9. The molecule has 1 radical (unpaired) electrons. The fourth-order valence-electron chi connectivity index (χ4n) is 2.29. The van der Waals surface area contributed by atoms with Crippen molar-refractivity contribution in [3.8, 4) is 11.5 Å². The molecular formula is C17H27O2. The lowest BCUT2D eigenvalue weighted by Gasteiger charge is -2.04. The van der Waals surface area contributed by atoms with Crippen LogP contribution >= 0.6 is 0 Å². The van der Waals surface area contributed by atoms with Crippen LogP contribution in [0.15, 0.2) is 18.2 Å². The van der Waals surface area contributed by atoms with Crippen LogP contribution in [-0.4, -0.2) is 10.2 Å². The Bertz CT molecular complexity index is 347. The molecule has 2 heteroatoms. The Morgan fingerprint density at radius 1 is 0.737 bits per heavy atom. The van der Waals surface area contributed by atoms with Gasteiger partial charge in [-0.3, -0.25) is 0 Å². The van der Waals surface area contributed by atoms with Crippen LogP contribution in [0.25, 0.3) is 0 Å². The summed E-state index contributed by atoms with van der Waals surface area (Å²) < 4.78 is 0. The number of aromatic hydroxyl groups is 2. The van der Waals surface area contributed by atoms with Crippen LogP contribution in [-0.2, 0) is 6.42 Å². The highest BCUT2D eigenvalue weighted by atomic mass is 16.3. The Labute approximate surface area is 117 Å². The molecule has 0 aliphatic rings. The first-order chi connectivity index (χ1) is 9.24. The first-order valence-corrected chi connectivity index (χ1v) is 7.54. The van der Waals surface area contributed by atoms with Crippen molar-refractivity contribution in [3.63, 3.8) is 0 Å². The highest BCUT2D eigenvalue weighted by molar-refractivity contribution is 5.40. The van der Waals surface area contributed by atoms with Crippen molar-refractivity contribution in [1.82, 2.24) is 0 Å². The minimum atomic E-state index is -0.0361. The summed E-state index contributed by atoms with van der Waals surface area (Å²) in [5.41, 5.74) is 1.10. The van der Waals surface area contributed by atoms with Gasteiger partial charge < -0.3 is 10.2 Å². The minimum Gasteiger partial charge on any atom is -0.504 e. The Morgan fingerprint density at radius 3 is 1.89 bits per heavy atom. The summed E-state index contributed by atoms with van der Waals surface area (Å²) in [5, 5.41) is 18.6. The number of rotatable bonds is 10. The monoisotopic (exact) mass is 263 g/mol. The van der Waals surface area contributed by atoms with Gasteiger partial charge in [0.15, 0.2) is 11.5 Å². The van der Waals surface area contributed by atoms with Gasteiger partial charge in [0.1, 0.15) is 0 Å². The van der Waals surface area contributed by atoms with Crippen molar-refractivity contribution in [2.75, 3.05) is 0 Å². The van der Waals surface area contributed by atoms with Crippen LogP contribution in [0, 0.1) is 6.92 Å². The van der Waals surface area contributed by atoms with Crippen LogP contribution in [0.3, 0.4) is 0 Å². The van der Waals surface area contributed by atoms with Crippen molar-refractivity contribution in [3.05, 3.63) is 30.7 Å². The molecule has 2 nitrogen and oxygen atoms in total. The van der Waals surface area contributed by atoms with E-state index in [4.69, 9.17) is 0 Å². The lowest BCUT2D eigenvalue weighted by atomic mass is 10.0. The maximum absolute atomic E-state index is 9.39. The molecule has 0 atom stereocenters. The van der Waals surface area contributed by atoms with Crippen molar-refractivity contribution < 1.29 is 10.2 Å². The van der Waals surface area contributed by atoms with Gasteiger partial charge in [0.2, 0.25) is 0 Å². The van der Waals surface area contributed by atoms with Gasteiger partial charge in [-0.15, -0.1) is 0 Å². The third-order valence-electron chi connectivity index (χ3n) is 3.51. The summed E-state index contributed by atoms with van der Waals surface area (Å²) in [6.07, 6.45) is 12.4. The van der Waals surface area contributed by atoms with Crippen LogP contribution < -0.4 is 0 Å². The Kier molecular flexibility index (Phi) is 8.11. The van der Waals surface area contributed by atoms with E-state index in [2.05, 4.69) is 6.92 Å². The predicted molar refractivity (Wildman–Crippen MR) is 80.4 cm³/mol. The average molecular weight is 263 g/mol. The van der Waals surface area contributed by atoms with Crippen LogP contribution in [0.2, 0.25) is 0 Å². The standard InChI is InChI=1S/C17H27O2/c1-2-3-4-5-6-7-8-9-10-11-15-12-13-16(18)17(19)14-15/h12-14,18-19H,1-11H2. The number of hydrogen-bond acceptors (Lipinski definition) is 2. The number of aryl methyl sites for hydroxylation is 1. The molecule has 0 aromatic heterocycles. The molecule has 0 heterocycles. The van der Waals surface area contributed by atoms with Crippen LogP contribution in [0.5, 0.6) is 11.5 Å². The van der Waals surface area contributed by atoms with E-state index in [-0.39, 0.29) is 11.5 Å². The number of benzene rings is 1. The average Bonchev–Trinajstić information content (AvgIpc) is 2.41. The molecule has 1 aromatic carbocycles. The first-order valence-electron chi connectivity index (χ1n) is 7.54. The molecule has 19 heavy (non-hydrogen) atoms. The van der Waals surface area contributed by atoms with Crippen molar-refractivity contribution in [2.24, 2.45) is 0 Å². The molecule has 1 rings (SSSR count). The van der Waals surface area contributed by atoms with E-state index in [0.717, 1.165) is 24.8 Å². The summed E-state index contributed by atoms with van der Waals surface area (Å²) in [7, 11) is 0. The topological polar surface area (TPSA) is 40.5 Å². The van der Waals surface area contributed by atoms with Crippen molar-refractivity contribution >= 4 is 0 Å². The van der Waals surface area contributed by atoms with Gasteiger partial charge in [0.25, 0.3) is 0 Å². The van der Waals surface area contributed by atoms with Crippen LogP contribution in [0.1, 0.15) is 63.4 Å². The SMILES string of the molecule is [CH2]CCCCCCCCCCc1ccc(O)c(O)c1. The zero-order chi connectivity index (χ0) is 13.9. The molecule has 0 aliphatic carbocycles. The van der Waals surface area contributed by atoms with Gasteiger partial charge >= 0.3 is 0 Å². The second kappa shape index (κ2) is 9.71. The third-order valence-corrected chi connectivity index (χ3v) is 3.51. The fraction of sp³-hybridized carbons (Fsp3) is 0.588. The molecule has 2 N–H and O–H groups in total. The Hall–Kier alpha value is -1.18. The van der Waals surface area contributed by atoms with E-state index in [1.165, 1.54) is 44.9 Å². The molecule has 0 fully saturated rings. The molecular weight excluding hydrogens is 236 g/mol. The Balaban J connectivity index is 2.00. The predicted octanol–water partition coefficient (Wildman–Crippen LogP) is 4.99. The fourth-order valence-corrected chi connectivity index (χ4v) is 2.29. The van der Waals surface area contributed by atoms with Gasteiger partial charge in [-0.05, 0) is 30.5 Å². The first kappa shape index (κ1) is 15.9. The molecule has 0 unspecified atom stereocenters. The maximum Gasteiger partial charge on any atom is 0.157 e. The third kappa shape index (κ3) is 7.09. The highest BCUT2D eigenvalue weighted by Crippen LogP contribution is 2.25. The van der Waals surface area contributed by atoms with E-state index < -0.39 is 0 Å². The smallest absolute Gasteiger partial charge is 0.157 e. The second-order valence-electron chi connectivity index (χ2n) is 5.26. The maximum atomic E-state index is 9.39. The quantitative estimate of drug-likeness (QED) is 0.461. The largest absolute Gasteiger partial charge is 0.504 e. The van der Waals surface area contributed by atoms with Gasteiger partial charge in [-0.2, -0.15) is 0 Å². The molecule has 0 saturated heterocycles. The van der Waals surface area contributed by atoms with E-state index >= 15 is 0 Å². The molecule has 1 aromatic rings. The molecule has 0 bridgehead atoms. The highest BCUT2D eigenvalue weighted by Gasteiger charge is 2.00. The lowest BCUT2D eigenvalue weighted by molar-refractivity contribution is 0.403. The summed E-state index contributed by atoms with van der Waals surface area (Å²) in [5.74, 6) is -0.0473. The summed E-state index contributed by atoms with van der Waals surface area (Å²) in [6, 6.07) is 5.11. The van der Waals surface area contributed by atoms with E-state index in [0.29, 0.717) is 0 Å². The molecule has 0 amide bonds. The van der Waals surface area contributed by atoms with Gasteiger partial charge in [-0.25, -0.2) is 0 Å². The molecule has 0 saturated carbocycles.